The Labute approximate surface area is 173 Å². The first-order valence-corrected chi connectivity index (χ1v) is 9.88. The lowest BCUT2D eigenvalue weighted by atomic mass is 10.2. The monoisotopic (exact) mass is 417 g/mol. The van der Waals surface area contributed by atoms with Gasteiger partial charge in [-0.05, 0) is 38.1 Å². The van der Waals surface area contributed by atoms with Gasteiger partial charge in [0, 0.05) is 13.1 Å². The molecule has 30 heavy (non-hydrogen) atoms. The average molecular weight is 417 g/mol. The van der Waals surface area contributed by atoms with E-state index in [0.717, 1.165) is 0 Å². The molecule has 0 unspecified atom stereocenters. The number of amides is 2. The summed E-state index contributed by atoms with van der Waals surface area (Å²) in [4.78, 5) is 27.9. The highest BCUT2D eigenvalue weighted by atomic mass is 19.1. The number of carbonyl (C=O) groups is 2. The van der Waals surface area contributed by atoms with Gasteiger partial charge in [-0.25, -0.2) is 9.18 Å². The molecule has 1 N–H and O–H groups in total. The van der Waals surface area contributed by atoms with E-state index in [4.69, 9.17) is 13.9 Å². The van der Waals surface area contributed by atoms with E-state index in [2.05, 4.69) is 5.32 Å². The maximum absolute atomic E-state index is 14.7. The summed E-state index contributed by atoms with van der Waals surface area (Å²) in [5, 5.41) is 2.76. The van der Waals surface area contributed by atoms with Gasteiger partial charge in [0.15, 0.2) is 0 Å². The van der Waals surface area contributed by atoms with Crippen molar-refractivity contribution in [1.29, 1.82) is 0 Å². The lowest BCUT2D eigenvalue weighted by Gasteiger charge is -2.29. The second kappa shape index (κ2) is 8.35. The molecule has 0 bridgehead atoms. The van der Waals surface area contributed by atoms with Crippen LogP contribution in [0.3, 0.4) is 0 Å². The van der Waals surface area contributed by atoms with Gasteiger partial charge in [0.05, 0.1) is 43.2 Å². The smallest absolute Gasteiger partial charge is 0.414 e. The number of rotatable bonds is 5. The van der Waals surface area contributed by atoms with Gasteiger partial charge in [0.25, 0.3) is 5.91 Å². The molecule has 0 radical (unpaired) electrons. The predicted molar refractivity (Wildman–Crippen MR) is 108 cm³/mol. The van der Waals surface area contributed by atoms with Crippen molar-refractivity contribution >= 4 is 23.4 Å². The molecule has 8 nitrogen and oxygen atoms in total. The molecule has 0 saturated carbocycles. The number of halogens is 1. The van der Waals surface area contributed by atoms with E-state index in [-0.39, 0.29) is 19.0 Å². The number of morpholine rings is 1. The second-order valence-corrected chi connectivity index (χ2v) is 7.39. The molecule has 2 aliphatic heterocycles. The van der Waals surface area contributed by atoms with Crippen molar-refractivity contribution in [3.63, 3.8) is 0 Å². The number of nitrogens with one attached hydrogen (secondary N) is 1. The molecule has 9 heteroatoms. The zero-order chi connectivity index (χ0) is 21.3. The van der Waals surface area contributed by atoms with Crippen LogP contribution in [0.2, 0.25) is 0 Å². The molecule has 160 valence electrons. The van der Waals surface area contributed by atoms with Crippen LogP contribution in [0, 0.1) is 19.7 Å². The van der Waals surface area contributed by atoms with E-state index < -0.39 is 18.0 Å². The third kappa shape index (κ3) is 4.11. The highest BCUT2D eigenvalue weighted by molar-refractivity contribution is 5.95. The third-order valence-electron chi connectivity index (χ3n) is 5.24. The van der Waals surface area contributed by atoms with Crippen LogP contribution in [0.1, 0.15) is 21.9 Å². The van der Waals surface area contributed by atoms with Gasteiger partial charge in [-0.1, -0.05) is 0 Å². The number of carbonyl (C=O) groups excluding carboxylic acids is 2. The Bertz CT molecular complexity index is 954. The van der Waals surface area contributed by atoms with Crippen LogP contribution in [-0.4, -0.2) is 57.5 Å². The summed E-state index contributed by atoms with van der Waals surface area (Å²) in [6, 6.07) is 6.37. The van der Waals surface area contributed by atoms with Crippen LogP contribution in [0.4, 0.5) is 20.6 Å². The van der Waals surface area contributed by atoms with Gasteiger partial charge < -0.3 is 24.1 Å². The number of hydrogen-bond acceptors (Lipinski definition) is 6. The first-order chi connectivity index (χ1) is 14.4. The number of furan rings is 1. The molecule has 2 aromatic rings. The van der Waals surface area contributed by atoms with Gasteiger partial charge >= 0.3 is 6.09 Å². The van der Waals surface area contributed by atoms with Crippen molar-refractivity contribution in [2.45, 2.75) is 20.0 Å². The molecule has 3 heterocycles. The van der Waals surface area contributed by atoms with Crippen molar-refractivity contribution in [2.24, 2.45) is 0 Å². The van der Waals surface area contributed by atoms with Crippen molar-refractivity contribution < 1.29 is 27.9 Å². The van der Waals surface area contributed by atoms with E-state index >= 15 is 0 Å². The number of anilines is 2. The number of nitrogens with zero attached hydrogens (tertiary/aromatic N) is 2. The number of aryl methyl sites for hydroxylation is 2. The van der Waals surface area contributed by atoms with Gasteiger partial charge in [0.1, 0.15) is 23.4 Å². The van der Waals surface area contributed by atoms with E-state index in [1.807, 2.05) is 4.90 Å². The third-order valence-corrected chi connectivity index (χ3v) is 5.24. The second-order valence-electron chi connectivity index (χ2n) is 7.39. The quantitative estimate of drug-likeness (QED) is 0.805. The largest absolute Gasteiger partial charge is 0.466 e. The zero-order valence-corrected chi connectivity index (χ0v) is 16.9. The highest BCUT2D eigenvalue weighted by Gasteiger charge is 2.33. The maximum atomic E-state index is 14.7. The first kappa shape index (κ1) is 20.2. The molecular weight excluding hydrogens is 393 g/mol. The maximum Gasteiger partial charge on any atom is 0.414 e. The van der Waals surface area contributed by atoms with Crippen LogP contribution in [0.5, 0.6) is 0 Å². The lowest BCUT2D eigenvalue weighted by molar-refractivity contribution is 0.0914. The van der Waals surface area contributed by atoms with Crippen LogP contribution in [-0.2, 0) is 9.47 Å². The standard InChI is InChI=1S/C21H24FN3O5/c1-13-9-17(14(2)29-13)20(26)23-11-16-12-25(21(27)30-16)15-3-4-19(18(22)10-15)24-5-7-28-8-6-24/h3-4,9-10,16H,5-8,11-12H2,1-2H3,(H,23,26)/t16-/m0/s1. The summed E-state index contributed by atoms with van der Waals surface area (Å²) < 4.78 is 30.7. The molecule has 2 amide bonds. The Kier molecular flexibility index (Phi) is 5.63. The lowest BCUT2D eigenvalue weighted by Crippen LogP contribution is -2.37. The molecule has 4 rings (SSSR count). The van der Waals surface area contributed by atoms with Crippen LogP contribution in [0.25, 0.3) is 0 Å². The van der Waals surface area contributed by atoms with Crippen molar-refractivity contribution in [3.05, 3.63) is 47.2 Å². The van der Waals surface area contributed by atoms with Crippen LogP contribution >= 0.6 is 0 Å². The summed E-state index contributed by atoms with van der Waals surface area (Å²) in [6.07, 6.45) is -1.10. The topological polar surface area (TPSA) is 84.2 Å². The summed E-state index contributed by atoms with van der Waals surface area (Å²) in [6.45, 7) is 6.23. The van der Waals surface area contributed by atoms with Crippen LogP contribution in [0.15, 0.2) is 28.7 Å². The highest BCUT2D eigenvalue weighted by Crippen LogP contribution is 2.28. The molecule has 2 saturated heterocycles. The fourth-order valence-electron chi connectivity index (χ4n) is 3.72. The van der Waals surface area contributed by atoms with Crippen molar-refractivity contribution in [1.82, 2.24) is 5.32 Å². The van der Waals surface area contributed by atoms with E-state index in [1.54, 1.807) is 32.0 Å². The summed E-state index contributed by atoms with van der Waals surface area (Å²) >= 11 is 0. The summed E-state index contributed by atoms with van der Waals surface area (Å²) in [5.74, 6) is 0.495. The van der Waals surface area contributed by atoms with E-state index in [1.165, 1.54) is 11.0 Å². The minimum Gasteiger partial charge on any atom is -0.466 e. The predicted octanol–water partition coefficient (Wildman–Crippen LogP) is 2.63. The fourth-order valence-corrected chi connectivity index (χ4v) is 3.72. The van der Waals surface area contributed by atoms with Crippen molar-refractivity contribution in [2.75, 3.05) is 49.2 Å². The van der Waals surface area contributed by atoms with Gasteiger partial charge in [-0.3, -0.25) is 9.69 Å². The van der Waals surface area contributed by atoms with E-state index in [9.17, 15) is 14.0 Å². The Morgan fingerprint density at radius 3 is 2.67 bits per heavy atom. The fraction of sp³-hybridized carbons (Fsp3) is 0.429. The van der Waals surface area contributed by atoms with Crippen LogP contribution < -0.4 is 15.1 Å². The summed E-state index contributed by atoms with van der Waals surface area (Å²) in [7, 11) is 0. The molecule has 0 spiro atoms. The Morgan fingerprint density at radius 2 is 2.00 bits per heavy atom. The van der Waals surface area contributed by atoms with Crippen molar-refractivity contribution in [3.8, 4) is 0 Å². The number of cyclic esters (lactones) is 1. The number of benzene rings is 1. The molecule has 0 aliphatic carbocycles. The zero-order valence-electron chi connectivity index (χ0n) is 16.9. The summed E-state index contributed by atoms with van der Waals surface area (Å²) in [5.41, 5.74) is 1.36. The Balaban J connectivity index is 1.38. The molecule has 1 atom stereocenters. The molecule has 2 fully saturated rings. The molecule has 1 aromatic carbocycles. The minimum atomic E-state index is -0.567. The average Bonchev–Trinajstić information content (AvgIpc) is 3.27. The van der Waals surface area contributed by atoms with Gasteiger partial charge in [-0.15, -0.1) is 0 Å². The Hall–Kier alpha value is -3.07. The molecule has 1 aromatic heterocycles. The number of ether oxygens (including phenoxy) is 2. The minimum absolute atomic E-state index is 0.152. The van der Waals surface area contributed by atoms with E-state index in [0.29, 0.717) is 54.8 Å². The SMILES string of the molecule is Cc1cc(C(=O)NC[C@H]2CN(c3ccc(N4CCOCC4)c(F)c3)C(=O)O2)c(C)o1. The van der Waals surface area contributed by atoms with Gasteiger partial charge in [0.2, 0.25) is 0 Å². The molecule has 2 aliphatic rings. The molecular formula is C21H24FN3O5. The normalized spacial score (nSPS) is 19.2. The first-order valence-electron chi connectivity index (χ1n) is 9.88. The Morgan fingerprint density at radius 1 is 1.23 bits per heavy atom. The number of hydrogen-bond donors (Lipinski definition) is 1. The van der Waals surface area contributed by atoms with Gasteiger partial charge in [-0.2, -0.15) is 0 Å².